The largest absolute Gasteiger partial charge is 0.451 e. The van der Waals surface area contributed by atoms with Crippen molar-refractivity contribution in [2.45, 2.75) is 0 Å². The van der Waals surface area contributed by atoms with E-state index >= 15 is 0 Å². The van der Waals surface area contributed by atoms with Crippen LogP contribution in [0.2, 0.25) is 0 Å². The Morgan fingerprint density at radius 3 is 2.67 bits per heavy atom. The molecule has 0 radical (unpaired) electrons. The maximum absolute atomic E-state index is 10.3. The Bertz CT molecular complexity index is 137. The summed E-state index contributed by atoms with van der Waals surface area (Å²) in [6, 6.07) is 0. The molecule has 0 saturated carbocycles. The van der Waals surface area contributed by atoms with E-state index in [9.17, 15) is 4.79 Å². The van der Waals surface area contributed by atoms with Crippen LogP contribution in [0.1, 0.15) is 0 Å². The molecule has 0 rings (SSSR count). The number of rotatable bonds is 0. The first-order chi connectivity index (χ1) is 4.20. The van der Waals surface area contributed by atoms with E-state index in [0.29, 0.717) is 0 Å². The van der Waals surface area contributed by atoms with Crippen LogP contribution in [0.5, 0.6) is 0 Å². The number of methoxy groups -OCH3 is 1. The molecule has 0 aromatic carbocycles. The highest BCUT2D eigenvalue weighted by atomic mass is 35.5. The van der Waals surface area contributed by atoms with Gasteiger partial charge in [-0.25, -0.2) is 4.79 Å². The Kier molecular flexibility index (Phi) is 4.53. The predicted octanol–water partition coefficient (Wildman–Crippen LogP) is 1.71. The van der Waals surface area contributed by atoms with Crippen molar-refractivity contribution in [1.29, 1.82) is 0 Å². The lowest BCUT2D eigenvalue weighted by Gasteiger charge is -1.89. The van der Waals surface area contributed by atoms with Crippen molar-refractivity contribution in [2.24, 2.45) is 4.99 Å². The summed E-state index contributed by atoms with van der Waals surface area (Å²) in [5.74, 6) is 0. The Hall–Kier alpha value is -0.220. The summed E-state index contributed by atoms with van der Waals surface area (Å²) in [6.07, 6.45) is 1.05. The second kappa shape index (κ2) is 4.64. The molecule has 0 spiro atoms. The lowest BCUT2D eigenvalue weighted by molar-refractivity contribution is 0.183. The van der Waals surface area contributed by atoms with E-state index in [2.05, 4.69) is 9.73 Å². The number of thioether (sulfide) groups is 1. The first kappa shape index (κ1) is 8.78. The SMILES string of the molecule is COC(=O)N=C(Cl)SC. The standard InChI is InChI=1S/C4H6ClNO2S/c1-8-4(7)6-3(5)9-2/h1-2H3. The Morgan fingerprint density at radius 1 is 1.78 bits per heavy atom. The number of amides is 1. The number of hydrogen-bond acceptors (Lipinski definition) is 3. The molecule has 0 aromatic heterocycles. The Morgan fingerprint density at radius 2 is 2.33 bits per heavy atom. The van der Waals surface area contributed by atoms with Gasteiger partial charge in [0.15, 0.2) is 4.50 Å². The summed E-state index contributed by atoms with van der Waals surface area (Å²) in [4.78, 5) is 13.6. The molecule has 0 bridgehead atoms. The second-order valence-electron chi connectivity index (χ2n) is 1.04. The molecule has 0 N–H and O–H groups in total. The van der Waals surface area contributed by atoms with E-state index in [0.717, 1.165) is 0 Å². The predicted molar refractivity (Wildman–Crippen MR) is 39.2 cm³/mol. The van der Waals surface area contributed by atoms with Crippen LogP contribution in [0, 0.1) is 0 Å². The third kappa shape index (κ3) is 4.29. The third-order valence-electron chi connectivity index (χ3n) is 0.522. The molecule has 0 heterocycles. The lowest BCUT2D eigenvalue weighted by Crippen LogP contribution is -1.94. The second-order valence-corrected chi connectivity index (χ2v) is 2.42. The van der Waals surface area contributed by atoms with Crippen molar-refractivity contribution in [3.05, 3.63) is 0 Å². The topological polar surface area (TPSA) is 38.7 Å². The van der Waals surface area contributed by atoms with Crippen LogP contribution in [0.15, 0.2) is 4.99 Å². The normalized spacial score (nSPS) is 11.2. The molecule has 0 atom stereocenters. The van der Waals surface area contributed by atoms with Crippen molar-refractivity contribution in [3.63, 3.8) is 0 Å². The Balaban J connectivity index is 3.79. The van der Waals surface area contributed by atoms with Gasteiger partial charge in [-0.15, -0.1) is 0 Å². The van der Waals surface area contributed by atoms with Gasteiger partial charge in [-0.1, -0.05) is 23.4 Å². The monoisotopic (exact) mass is 167 g/mol. The zero-order valence-corrected chi connectivity index (χ0v) is 6.62. The van der Waals surface area contributed by atoms with Crippen LogP contribution >= 0.6 is 23.4 Å². The van der Waals surface area contributed by atoms with Crippen LogP contribution in [-0.2, 0) is 4.74 Å². The zero-order valence-electron chi connectivity index (χ0n) is 5.05. The van der Waals surface area contributed by atoms with E-state index in [-0.39, 0.29) is 4.50 Å². The summed E-state index contributed by atoms with van der Waals surface area (Å²) in [5.41, 5.74) is 0. The van der Waals surface area contributed by atoms with E-state index in [4.69, 9.17) is 11.6 Å². The zero-order chi connectivity index (χ0) is 7.28. The number of nitrogens with zero attached hydrogens (tertiary/aromatic N) is 1. The van der Waals surface area contributed by atoms with Gasteiger partial charge in [-0.05, 0) is 6.26 Å². The van der Waals surface area contributed by atoms with Crippen LogP contribution in [0.4, 0.5) is 4.79 Å². The van der Waals surface area contributed by atoms with Gasteiger partial charge >= 0.3 is 6.09 Å². The summed E-state index contributed by atoms with van der Waals surface area (Å²) in [6.45, 7) is 0. The molecule has 0 fully saturated rings. The average molecular weight is 168 g/mol. The number of hydrogen-bond donors (Lipinski definition) is 0. The highest BCUT2D eigenvalue weighted by Gasteiger charge is 1.96. The van der Waals surface area contributed by atoms with Gasteiger partial charge in [0.2, 0.25) is 0 Å². The van der Waals surface area contributed by atoms with Gasteiger partial charge in [0.1, 0.15) is 0 Å². The molecule has 0 aromatic rings. The molecule has 9 heavy (non-hydrogen) atoms. The molecular formula is C4H6ClNO2S. The lowest BCUT2D eigenvalue weighted by atomic mass is 11.2. The molecule has 1 amide bonds. The van der Waals surface area contributed by atoms with Crippen molar-refractivity contribution in [2.75, 3.05) is 13.4 Å². The molecule has 0 unspecified atom stereocenters. The van der Waals surface area contributed by atoms with Gasteiger partial charge in [0.25, 0.3) is 0 Å². The minimum Gasteiger partial charge on any atom is -0.451 e. The number of ether oxygens (including phenoxy) is 1. The maximum Gasteiger partial charge on any atom is 0.435 e. The number of carbonyl (C=O) groups excluding carboxylic acids is 1. The average Bonchev–Trinajstić information content (AvgIpc) is 1.87. The third-order valence-corrected chi connectivity index (χ3v) is 1.50. The van der Waals surface area contributed by atoms with Crippen molar-refractivity contribution in [3.8, 4) is 0 Å². The molecule has 3 nitrogen and oxygen atoms in total. The minimum atomic E-state index is -0.672. The summed E-state index contributed by atoms with van der Waals surface area (Å²) < 4.78 is 4.38. The number of carbonyl (C=O) groups is 1. The van der Waals surface area contributed by atoms with Gasteiger partial charge in [0.05, 0.1) is 7.11 Å². The van der Waals surface area contributed by atoms with Gasteiger partial charge in [-0.2, -0.15) is 4.99 Å². The molecule has 5 heteroatoms. The van der Waals surface area contributed by atoms with Gasteiger partial charge in [0, 0.05) is 0 Å². The van der Waals surface area contributed by atoms with Crippen LogP contribution < -0.4 is 0 Å². The van der Waals surface area contributed by atoms with E-state index < -0.39 is 6.09 Å². The quantitative estimate of drug-likeness (QED) is 0.407. The summed E-state index contributed by atoms with van der Waals surface area (Å²) >= 11 is 6.53. The fourth-order valence-corrected chi connectivity index (χ4v) is 0.398. The highest BCUT2D eigenvalue weighted by Crippen LogP contribution is 2.02. The first-order valence-electron chi connectivity index (χ1n) is 2.07. The fourth-order valence-electron chi connectivity index (χ4n) is 0.163. The summed E-state index contributed by atoms with van der Waals surface area (Å²) in [7, 11) is 1.25. The van der Waals surface area contributed by atoms with Crippen molar-refractivity contribution >= 4 is 34.0 Å². The smallest absolute Gasteiger partial charge is 0.435 e. The summed E-state index contributed by atoms with van der Waals surface area (Å²) in [5, 5.41) is 0. The van der Waals surface area contributed by atoms with E-state index in [1.165, 1.54) is 18.9 Å². The maximum atomic E-state index is 10.3. The fraction of sp³-hybridized carbons (Fsp3) is 0.500. The van der Waals surface area contributed by atoms with Crippen molar-refractivity contribution < 1.29 is 9.53 Å². The van der Waals surface area contributed by atoms with Crippen LogP contribution in [0.3, 0.4) is 0 Å². The molecular weight excluding hydrogens is 162 g/mol. The molecule has 0 aliphatic rings. The molecule has 0 aliphatic heterocycles. The highest BCUT2D eigenvalue weighted by molar-refractivity contribution is 8.16. The van der Waals surface area contributed by atoms with Crippen LogP contribution in [0.25, 0.3) is 0 Å². The Labute approximate surface area is 62.4 Å². The van der Waals surface area contributed by atoms with E-state index in [1.807, 2.05) is 0 Å². The molecule has 0 aliphatic carbocycles. The van der Waals surface area contributed by atoms with E-state index in [1.54, 1.807) is 6.26 Å². The molecule has 52 valence electrons. The van der Waals surface area contributed by atoms with Crippen LogP contribution in [-0.4, -0.2) is 24.0 Å². The number of aliphatic imine (C=N–C) groups is 1. The van der Waals surface area contributed by atoms with Crippen molar-refractivity contribution in [1.82, 2.24) is 0 Å². The van der Waals surface area contributed by atoms with Gasteiger partial charge in [-0.3, -0.25) is 0 Å². The molecule has 0 saturated heterocycles. The van der Waals surface area contributed by atoms with Gasteiger partial charge < -0.3 is 4.74 Å². The minimum absolute atomic E-state index is 0.182. The number of halogens is 1. The first-order valence-corrected chi connectivity index (χ1v) is 3.67.